The Hall–Kier alpha value is -1.51. The molecule has 0 radical (unpaired) electrons. The Labute approximate surface area is 128 Å². The zero-order chi connectivity index (χ0) is 14.5. The van der Waals surface area contributed by atoms with Crippen LogP contribution in [0.2, 0.25) is 10.0 Å². The standard InChI is InChI=1S/C16H14Cl2O2/c1-11(19)9-12-5-7-13(8-6-12)20-10-14-15(17)3-2-4-16(14)18/h2-8H,9-10H2,1H3. The summed E-state index contributed by atoms with van der Waals surface area (Å²) in [6.45, 7) is 1.88. The summed E-state index contributed by atoms with van der Waals surface area (Å²) >= 11 is 12.2. The first kappa shape index (κ1) is 14.9. The van der Waals surface area contributed by atoms with E-state index >= 15 is 0 Å². The second-order valence-corrected chi connectivity index (χ2v) is 5.33. The lowest BCUT2D eigenvalue weighted by atomic mass is 10.1. The largest absolute Gasteiger partial charge is 0.489 e. The number of carbonyl (C=O) groups excluding carboxylic acids is 1. The second-order valence-electron chi connectivity index (χ2n) is 4.51. The highest BCUT2D eigenvalue weighted by atomic mass is 35.5. The lowest BCUT2D eigenvalue weighted by molar-refractivity contribution is -0.116. The van der Waals surface area contributed by atoms with E-state index in [4.69, 9.17) is 27.9 Å². The zero-order valence-corrected chi connectivity index (χ0v) is 12.5. The highest BCUT2D eigenvalue weighted by Crippen LogP contribution is 2.25. The smallest absolute Gasteiger partial charge is 0.134 e. The maximum Gasteiger partial charge on any atom is 0.134 e. The molecule has 0 saturated carbocycles. The third-order valence-corrected chi connectivity index (χ3v) is 3.53. The van der Waals surface area contributed by atoms with Crippen LogP contribution in [-0.2, 0) is 17.8 Å². The fourth-order valence-electron chi connectivity index (χ4n) is 1.82. The average molecular weight is 309 g/mol. The van der Waals surface area contributed by atoms with Crippen LogP contribution in [0.25, 0.3) is 0 Å². The zero-order valence-electron chi connectivity index (χ0n) is 11.0. The molecule has 0 aromatic heterocycles. The van der Waals surface area contributed by atoms with E-state index in [1.807, 2.05) is 24.3 Å². The number of hydrogen-bond donors (Lipinski definition) is 0. The molecule has 0 unspecified atom stereocenters. The Bertz CT molecular complexity index is 586. The van der Waals surface area contributed by atoms with Crippen LogP contribution in [0.4, 0.5) is 0 Å². The molecule has 2 rings (SSSR count). The Morgan fingerprint density at radius 3 is 2.20 bits per heavy atom. The molecule has 0 spiro atoms. The van der Waals surface area contributed by atoms with Gasteiger partial charge in [0.05, 0.1) is 0 Å². The molecule has 20 heavy (non-hydrogen) atoms. The van der Waals surface area contributed by atoms with E-state index in [9.17, 15) is 4.79 Å². The van der Waals surface area contributed by atoms with Crippen molar-refractivity contribution in [3.8, 4) is 5.75 Å². The van der Waals surface area contributed by atoms with Crippen molar-refractivity contribution in [3.63, 3.8) is 0 Å². The van der Waals surface area contributed by atoms with Crippen LogP contribution >= 0.6 is 23.2 Å². The van der Waals surface area contributed by atoms with E-state index in [0.717, 1.165) is 11.1 Å². The summed E-state index contributed by atoms with van der Waals surface area (Å²) < 4.78 is 5.66. The Morgan fingerprint density at radius 1 is 1.05 bits per heavy atom. The lowest BCUT2D eigenvalue weighted by Gasteiger charge is -2.09. The first-order chi connectivity index (χ1) is 9.56. The molecule has 2 aromatic rings. The predicted molar refractivity (Wildman–Crippen MR) is 81.6 cm³/mol. The quantitative estimate of drug-likeness (QED) is 0.800. The van der Waals surface area contributed by atoms with Crippen molar-refractivity contribution >= 4 is 29.0 Å². The van der Waals surface area contributed by atoms with Crippen LogP contribution in [0.3, 0.4) is 0 Å². The Morgan fingerprint density at radius 2 is 1.65 bits per heavy atom. The van der Waals surface area contributed by atoms with E-state index in [1.54, 1.807) is 25.1 Å². The number of ether oxygens (including phenoxy) is 1. The molecule has 0 aliphatic rings. The van der Waals surface area contributed by atoms with Crippen molar-refractivity contribution in [1.29, 1.82) is 0 Å². The molecule has 0 N–H and O–H groups in total. The molecule has 0 fully saturated rings. The second kappa shape index (κ2) is 6.78. The van der Waals surface area contributed by atoms with Gasteiger partial charge in [0.1, 0.15) is 18.1 Å². The summed E-state index contributed by atoms with van der Waals surface area (Å²) in [7, 11) is 0. The van der Waals surface area contributed by atoms with Gasteiger partial charge >= 0.3 is 0 Å². The first-order valence-electron chi connectivity index (χ1n) is 6.20. The summed E-state index contributed by atoms with van der Waals surface area (Å²) in [4.78, 5) is 11.0. The van der Waals surface area contributed by atoms with Crippen molar-refractivity contribution in [1.82, 2.24) is 0 Å². The van der Waals surface area contributed by atoms with Gasteiger partial charge in [-0.05, 0) is 36.8 Å². The number of Topliss-reactive ketones (excluding diaryl/α,β-unsaturated/α-hetero) is 1. The molecule has 104 valence electrons. The Balaban J connectivity index is 2.02. The van der Waals surface area contributed by atoms with Crippen LogP contribution in [-0.4, -0.2) is 5.78 Å². The summed E-state index contributed by atoms with van der Waals surface area (Å²) in [6.07, 6.45) is 0.441. The molecule has 2 aromatic carbocycles. The van der Waals surface area contributed by atoms with Crippen LogP contribution in [0.5, 0.6) is 5.75 Å². The number of ketones is 1. The first-order valence-corrected chi connectivity index (χ1v) is 6.96. The normalized spacial score (nSPS) is 10.3. The minimum absolute atomic E-state index is 0.140. The van der Waals surface area contributed by atoms with Gasteiger partial charge < -0.3 is 4.74 Å². The van der Waals surface area contributed by atoms with Gasteiger partial charge in [0.2, 0.25) is 0 Å². The number of hydrogen-bond acceptors (Lipinski definition) is 2. The van der Waals surface area contributed by atoms with E-state index in [-0.39, 0.29) is 5.78 Å². The molecule has 2 nitrogen and oxygen atoms in total. The Kier molecular flexibility index (Phi) is 5.05. The summed E-state index contributed by atoms with van der Waals surface area (Å²) in [6, 6.07) is 12.8. The minimum atomic E-state index is 0.140. The summed E-state index contributed by atoms with van der Waals surface area (Å²) in [5.74, 6) is 0.856. The molecule has 0 saturated heterocycles. The van der Waals surface area contributed by atoms with E-state index in [1.165, 1.54) is 0 Å². The molecule has 0 amide bonds. The molecule has 0 heterocycles. The molecule has 0 atom stereocenters. The van der Waals surface area contributed by atoms with Crippen molar-refractivity contribution in [2.75, 3.05) is 0 Å². The molecule has 4 heteroatoms. The molecule has 0 aliphatic carbocycles. The maximum absolute atomic E-state index is 11.0. The van der Waals surface area contributed by atoms with Gasteiger partial charge in [0.15, 0.2) is 0 Å². The number of carbonyl (C=O) groups is 1. The fourth-order valence-corrected chi connectivity index (χ4v) is 2.32. The maximum atomic E-state index is 11.0. The highest BCUT2D eigenvalue weighted by Gasteiger charge is 2.06. The van der Waals surface area contributed by atoms with E-state index in [0.29, 0.717) is 28.8 Å². The van der Waals surface area contributed by atoms with Crippen LogP contribution in [0, 0.1) is 0 Å². The highest BCUT2D eigenvalue weighted by molar-refractivity contribution is 6.35. The third kappa shape index (κ3) is 3.99. The SMILES string of the molecule is CC(=O)Cc1ccc(OCc2c(Cl)cccc2Cl)cc1. The van der Waals surface area contributed by atoms with Gasteiger partial charge in [-0.1, -0.05) is 41.4 Å². The van der Waals surface area contributed by atoms with E-state index < -0.39 is 0 Å². The number of benzene rings is 2. The van der Waals surface area contributed by atoms with Crippen molar-refractivity contribution in [2.45, 2.75) is 20.0 Å². The van der Waals surface area contributed by atoms with Gasteiger partial charge in [-0.15, -0.1) is 0 Å². The molecule has 0 bridgehead atoms. The number of halogens is 2. The third-order valence-electron chi connectivity index (χ3n) is 2.82. The van der Waals surface area contributed by atoms with Crippen molar-refractivity contribution < 1.29 is 9.53 Å². The van der Waals surface area contributed by atoms with Gasteiger partial charge in [0.25, 0.3) is 0 Å². The number of rotatable bonds is 5. The molecular weight excluding hydrogens is 295 g/mol. The van der Waals surface area contributed by atoms with Crippen LogP contribution in [0.1, 0.15) is 18.1 Å². The molecule has 0 aliphatic heterocycles. The predicted octanol–water partition coefficient (Wildman–Crippen LogP) is 4.70. The monoisotopic (exact) mass is 308 g/mol. The van der Waals surface area contributed by atoms with Crippen molar-refractivity contribution in [2.24, 2.45) is 0 Å². The topological polar surface area (TPSA) is 26.3 Å². The van der Waals surface area contributed by atoms with Crippen LogP contribution in [0.15, 0.2) is 42.5 Å². The van der Waals surface area contributed by atoms with Gasteiger partial charge in [-0.3, -0.25) is 4.79 Å². The van der Waals surface area contributed by atoms with E-state index in [2.05, 4.69) is 0 Å². The van der Waals surface area contributed by atoms with Crippen LogP contribution < -0.4 is 4.74 Å². The summed E-state index contributed by atoms with van der Waals surface area (Å²) in [5, 5.41) is 1.18. The van der Waals surface area contributed by atoms with Gasteiger partial charge in [-0.2, -0.15) is 0 Å². The van der Waals surface area contributed by atoms with Crippen molar-refractivity contribution in [3.05, 3.63) is 63.6 Å². The fraction of sp³-hybridized carbons (Fsp3) is 0.188. The van der Waals surface area contributed by atoms with Gasteiger partial charge in [0, 0.05) is 22.0 Å². The van der Waals surface area contributed by atoms with Gasteiger partial charge in [-0.25, -0.2) is 0 Å². The minimum Gasteiger partial charge on any atom is -0.489 e. The molecular formula is C16H14Cl2O2. The summed E-state index contributed by atoms with van der Waals surface area (Å²) in [5.41, 5.74) is 1.74. The average Bonchev–Trinajstić information content (AvgIpc) is 2.39. The lowest BCUT2D eigenvalue weighted by Crippen LogP contribution is -1.99.